The lowest BCUT2D eigenvalue weighted by Gasteiger charge is -2.35. The molecule has 2 aromatic heterocycles. The maximum Gasteiger partial charge on any atom is 0.227 e. The van der Waals surface area contributed by atoms with Crippen LogP contribution in [0.2, 0.25) is 10.0 Å². The standard InChI is InChI=1S/C26H30Cl2N8O2/c1-35(20-4-2-3-5-21(20)37)25-31-13-19-24(34-25)36(16-8-6-15(7-9-16)23(30)38)26(32-19)33-22-17(27)10-14(12-29)11-18(22)28/h10-11,13,15-16,20-21,37H,2-9H2,1H3,(H2,30,38)(H,32,33)/t15?,16?,20-,21-/m0/s1. The molecule has 0 spiro atoms. The van der Waals surface area contributed by atoms with Gasteiger partial charge < -0.3 is 21.1 Å². The molecule has 12 heteroatoms. The minimum absolute atomic E-state index is 0.00218. The van der Waals surface area contributed by atoms with Crippen molar-refractivity contribution < 1.29 is 9.90 Å². The Balaban J connectivity index is 1.56. The van der Waals surface area contributed by atoms with Crippen molar-refractivity contribution in [1.29, 1.82) is 5.26 Å². The molecule has 2 fully saturated rings. The largest absolute Gasteiger partial charge is 0.391 e. The summed E-state index contributed by atoms with van der Waals surface area (Å²) in [6.07, 6.45) is 7.74. The molecule has 0 bridgehead atoms. The van der Waals surface area contributed by atoms with Gasteiger partial charge in [0, 0.05) is 19.0 Å². The van der Waals surface area contributed by atoms with Crippen LogP contribution in [0.25, 0.3) is 11.2 Å². The van der Waals surface area contributed by atoms with Crippen LogP contribution in [0.4, 0.5) is 17.6 Å². The normalized spacial score (nSPS) is 23.7. The summed E-state index contributed by atoms with van der Waals surface area (Å²) in [6.45, 7) is 0. The van der Waals surface area contributed by atoms with Crippen LogP contribution in [0.15, 0.2) is 18.3 Å². The zero-order chi connectivity index (χ0) is 27.0. The van der Waals surface area contributed by atoms with Gasteiger partial charge in [-0.15, -0.1) is 0 Å². The predicted molar refractivity (Wildman–Crippen MR) is 147 cm³/mol. The number of hydrogen-bond acceptors (Lipinski definition) is 8. The molecule has 2 aliphatic carbocycles. The van der Waals surface area contributed by atoms with Gasteiger partial charge >= 0.3 is 0 Å². The van der Waals surface area contributed by atoms with E-state index in [1.165, 1.54) is 0 Å². The highest BCUT2D eigenvalue weighted by atomic mass is 35.5. The number of anilines is 3. The Morgan fingerprint density at radius 1 is 1.16 bits per heavy atom. The van der Waals surface area contributed by atoms with Gasteiger partial charge in [0.05, 0.1) is 45.7 Å². The number of carbonyl (C=O) groups is 1. The molecule has 3 aromatic rings. The summed E-state index contributed by atoms with van der Waals surface area (Å²) < 4.78 is 2.02. The van der Waals surface area contributed by atoms with Crippen LogP contribution in [0, 0.1) is 17.2 Å². The first-order valence-electron chi connectivity index (χ1n) is 12.9. The molecule has 0 unspecified atom stereocenters. The molecule has 0 radical (unpaired) electrons. The highest BCUT2D eigenvalue weighted by Gasteiger charge is 2.31. The number of amides is 1. The molecule has 2 heterocycles. The van der Waals surface area contributed by atoms with Gasteiger partial charge in [-0.1, -0.05) is 36.0 Å². The third kappa shape index (κ3) is 5.10. The number of nitrogens with zero attached hydrogens (tertiary/aromatic N) is 6. The summed E-state index contributed by atoms with van der Waals surface area (Å²) >= 11 is 13.0. The number of benzene rings is 1. The van der Waals surface area contributed by atoms with E-state index in [4.69, 9.17) is 38.9 Å². The number of imidazole rings is 1. The Morgan fingerprint density at radius 2 is 1.84 bits per heavy atom. The lowest BCUT2D eigenvalue weighted by atomic mass is 9.85. The van der Waals surface area contributed by atoms with Gasteiger partial charge in [0.15, 0.2) is 5.65 Å². The molecular weight excluding hydrogens is 527 g/mol. The number of primary amides is 1. The maximum atomic E-state index is 11.8. The molecular formula is C26H30Cl2N8O2. The zero-order valence-corrected chi connectivity index (χ0v) is 22.6. The van der Waals surface area contributed by atoms with E-state index in [2.05, 4.69) is 10.3 Å². The Morgan fingerprint density at radius 3 is 2.47 bits per heavy atom. The van der Waals surface area contributed by atoms with E-state index in [1.807, 2.05) is 22.6 Å². The van der Waals surface area contributed by atoms with Gasteiger partial charge in [0.25, 0.3) is 0 Å². The molecule has 4 N–H and O–H groups in total. The van der Waals surface area contributed by atoms with Crippen LogP contribution >= 0.6 is 23.2 Å². The van der Waals surface area contributed by atoms with Crippen molar-refractivity contribution in [3.63, 3.8) is 0 Å². The number of aliphatic hydroxyl groups is 1. The third-order valence-corrected chi connectivity index (χ3v) is 8.40. The number of nitriles is 1. The van der Waals surface area contributed by atoms with Crippen molar-refractivity contribution in [1.82, 2.24) is 19.5 Å². The van der Waals surface area contributed by atoms with Gasteiger partial charge in [0.1, 0.15) is 5.52 Å². The average Bonchev–Trinajstić information content (AvgIpc) is 3.27. The van der Waals surface area contributed by atoms with Gasteiger partial charge in [0.2, 0.25) is 17.8 Å². The number of likely N-dealkylation sites (N-methyl/N-ethyl adjacent to an activating group) is 1. The van der Waals surface area contributed by atoms with Crippen LogP contribution in [-0.4, -0.2) is 49.7 Å². The van der Waals surface area contributed by atoms with Crippen molar-refractivity contribution in [2.24, 2.45) is 11.7 Å². The van der Waals surface area contributed by atoms with Crippen LogP contribution < -0.4 is 16.0 Å². The molecule has 1 aromatic carbocycles. The molecule has 0 aliphatic heterocycles. The van der Waals surface area contributed by atoms with Gasteiger partial charge in [-0.05, 0) is 50.7 Å². The summed E-state index contributed by atoms with van der Waals surface area (Å²) in [4.78, 5) is 28.0. The van der Waals surface area contributed by atoms with Crippen molar-refractivity contribution in [2.45, 2.75) is 69.6 Å². The Kier molecular flexibility index (Phi) is 7.61. The fourth-order valence-electron chi connectivity index (χ4n) is 5.67. The quantitative estimate of drug-likeness (QED) is 0.395. The van der Waals surface area contributed by atoms with Crippen LogP contribution in [-0.2, 0) is 4.79 Å². The van der Waals surface area contributed by atoms with Crippen LogP contribution in [0.3, 0.4) is 0 Å². The van der Waals surface area contributed by atoms with Crippen molar-refractivity contribution in [2.75, 3.05) is 17.3 Å². The first kappa shape index (κ1) is 26.5. The molecule has 0 saturated heterocycles. The predicted octanol–water partition coefficient (Wildman–Crippen LogP) is 4.70. The number of aromatic nitrogens is 4. The lowest BCUT2D eigenvalue weighted by molar-refractivity contribution is -0.122. The molecule has 2 aliphatic rings. The summed E-state index contributed by atoms with van der Waals surface area (Å²) in [5.74, 6) is 0.578. The minimum atomic E-state index is -0.431. The molecule has 38 heavy (non-hydrogen) atoms. The van der Waals surface area contributed by atoms with E-state index in [0.717, 1.165) is 38.5 Å². The first-order valence-corrected chi connectivity index (χ1v) is 13.6. The minimum Gasteiger partial charge on any atom is -0.391 e. The highest BCUT2D eigenvalue weighted by molar-refractivity contribution is 6.39. The molecule has 2 saturated carbocycles. The van der Waals surface area contributed by atoms with E-state index in [1.54, 1.807) is 18.3 Å². The van der Waals surface area contributed by atoms with E-state index < -0.39 is 6.10 Å². The molecule has 5 rings (SSSR count). The number of halogens is 2. The Hall–Kier alpha value is -3.13. The number of fused-ring (bicyclic) bond motifs is 1. The summed E-state index contributed by atoms with van der Waals surface area (Å²) in [7, 11) is 1.91. The highest BCUT2D eigenvalue weighted by Crippen LogP contribution is 2.39. The number of carbonyl (C=O) groups excluding carboxylic acids is 1. The van der Waals surface area contributed by atoms with Crippen molar-refractivity contribution >= 4 is 57.9 Å². The number of hydrogen-bond donors (Lipinski definition) is 3. The monoisotopic (exact) mass is 556 g/mol. The van der Waals surface area contributed by atoms with Crippen molar-refractivity contribution in [3.05, 3.63) is 33.9 Å². The summed E-state index contributed by atoms with van der Waals surface area (Å²) in [5, 5.41) is 23.7. The maximum absolute atomic E-state index is 11.8. The fourth-order valence-corrected chi connectivity index (χ4v) is 6.25. The summed E-state index contributed by atoms with van der Waals surface area (Å²) in [5.41, 5.74) is 7.59. The average molecular weight is 557 g/mol. The van der Waals surface area contributed by atoms with Crippen LogP contribution in [0.5, 0.6) is 0 Å². The third-order valence-electron chi connectivity index (χ3n) is 7.80. The number of rotatable bonds is 6. The van der Waals surface area contributed by atoms with E-state index in [-0.39, 0.29) is 23.9 Å². The van der Waals surface area contributed by atoms with Crippen molar-refractivity contribution in [3.8, 4) is 6.07 Å². The van der Waals surface area contributed by atoms with E-state index in [9.17, 15) is 15.2 Å². The summed E-state index contributed by atoms with van der Waals surface area (Å²) in [6, 6.07) is 5.08. The van der Waals surface area contributed by atoms with Gasteiger partial charge in [-0.25, -0.2) is 9.97 Å². The van der Waals surface area contributed by atoms with E-state index >= 15 is 0 Å². The molecule has 2 atom stereocenters. The zero-order valence-electron chi connectivity index (χ0n) is 21.1. The number of nitrogens with two attached hydrogens (primary N) is 1. The van der Waals surface area contributed by atoms with E-state index in [0.29, 0.717) is 57.2 Å². The second kappa shape index (κ2) is 10.9. The SMILES string of the molecule is CN(c1ncc2nc(Nc3c(Cl)cc(C#N)cc3Cl)n(C3CCC(C(N)=O)CC3)c2n1)[C@H]1CCCC[C@@H]1O. The van der Waals surface area contributed by atoms with Gasteiger partial charge in [-0.3, -0.25) is 9.36 Å². The lowest BCUT2D eigenvalue weighted by Crippen LogP contribution is -2.44. The smallest absolute Gasteiger partial charge is 0.227 e. The Bertz CT molecular complexity index is 1370. The Labute approximate surface area is 230 Å². The first-order chi connectivity index (χ1) is 18.3. The second-order valence-corrected chi connectivity index (χ2v) is 11.0. The van der Waals surface area contributed by atoms with Crippen LogP contribution in [0.1, 0.15) is 63.0 Å². The van der Waals surface area contributed by atoms with Gasteiger partial charge in [-0.2, -0.15) is 10.2 Å². The topological polar surface area (TPSA) is 146 Å². The fraction of sp³-hybridized carbons (Fsp3) is 0.500. The molecule has 10 nitrogen and oxygen atoms in total. The second-order valence-electron chi connectivity index (χ2n) is 10.2. The number of aliphatic hydroxyl groups excluding tert-OH is 1. The number of nitrogens with one attached hydrogen (secondary N) is 1. The molecule has 200 valence electrons. The molecule has 1 amide bonds.